The molecule has 2 N–H and O–H groups in total. The van der Waals surface area contributed by atoms with Crippen LogP contribution in [0.15, 0.2) is 18.2 Å². The highest BCUT2D eigenvalue weighted by Crippen LogP contribution is 2.32. The van der Waals surface area contributed by atoms with Crippen LogP contribution in [0.4, 0.5) is 8.78 Å². The number of hydrogen-bond donors (Lipinski definition) is 2. The molecule has 0 aliphatic rings. The van der Waals surface area contributed by atoms with Crippen molar-refractivity contribution in [3.63, 3.8) is 0 Å². The number of nitrogens with one attached hydrogen (secondary N) is 1. The Morgan fingerprint density at radius 2 is 2.00 bits per heavy atom. The smallest absolute Gasteiger partial charge is 0.387 e. The fourth-order valence-electron chi connectivity index (χ4n) is 1.67. The Kier molecular flexibility index (Phi) is 6.67. The van der Waals surface area contributed by atoms with Gasteiger partial charge in [-0.1, -0.05) is 26.0 Å². The normalized spacial score (nSPS) is 12.8. The quantitative estimate of drug-likeness (QED) is 0.771. The van der Waals surface area contributed by atoms with Gasteiger partial charge in [-0.2, -0.15) is 8.78 Å². The second kappa shape index (κ2) is 8.01. The molecular formula is C14H21F2NO3. The number of methoxy groups -OCH3 is 1. The lowest BCUT2D eigenvalue weighted by Gasteiger charge is -2.17. The number of para-hydroxylation sites is 1. The van der Waals surface area contributed by atoms with E-state index in [1.807, 2.05) is 13.8 Å². The summed E-state index contributed by atoms with van der Waals surface area (Å²) in [7, 11) is 1.40. The fraction of sp³-hybridized carbons (Fsp3) is 0.571. The van der Waals surface area contributed by atoms with Crippen LogP contribution in [0, 0.1) is 5.92 Å². The largest absolute Gasteiger partial charge is 0.493 e. The van der Waals surface area contributed by atoms with Gasteiger partial charge in [0.05, 0.1) is 13.2 Å². The first-order valence-corrected chi connectivity index (χ1v) is 6.45. The van der Waals surface area contributed by atoms with Gasteiger partial charge >= 0.3 is 6.61 Å². The first-order valence-electron chi connectivity index (χ1n) is 6.45. The zero-order chi connectivity index (χ0) is 15.1. The summed E-state index contributed by atoms with van der Waals surface area (Å²) in [4.78, 5) is 0. The molecule has 1 aromatic rings. The molecule has 0 heterocycles. The van der Waals surface area contributed by atoms with Crippen molar-refractivity contribution in [3.05, 3.63) is 23.8 Å². The molecule has 1 aromatic carbocycles. The second-order valence-corrected chi connectivity index (χ2v) is 4.77. The molecular weight excluding hydrogens is 268 g/mol. The van der Waals surface area contributed by atoms with E-state index in [0.717, 1.165) is 0 Å². The predicted molar refractivity (Wildman–Crippen MR) is 72.2 cm³/mol. The number of ether oxygens (including phenoxy) is 2. The van der Waals surface area contributed by atoms with E-state index < -0.39 is 12.7 Å². The molecule has 0 aromatic heterocycles. The Morgan fingerprint density at radius 3 is 2.55 bits per heavy atom. The van der Waals surface area contributed by atoms with E-state index in [2.05, 4.69) is 10.1 Å². The van der Waals surface area contributed by atoms with Crippen LogP contribution in [-0.4, -0.2) is 31.5 Å². The molecule has 0 saturated heterocycles. The van der Waals surface area contributed by atoms with Gasteiger partial charge in [0.25, 0.3) is 0 Å². The van der Waals surface area contributed by atoms with E-state index in [1.54, 1.807) is 18.2 Å². The zero-order valence-electron chi connectivity index (χ0n) is 11.9. The summed E-state index contributed by atoms with van der Waals surface area (Å²) in [5.41, 5.74) is 0.556. The minimum Gasteiger partial charge on any atom is -0.493 e. The summed E-state index contributed by atoms with van der Waals surface area (Å²) in [6.45, 7) is 1.59. The Bertz CT molecular complexity index is 413. The summed E-state index contributed by atoms with van der Waals surface area (Å²) in [6.07, 6.45) is -0.486. The van der Waals surface area contributed by atoms with Gasteiger partial charge in [-0.05, 0) is 12.0 Å². The highest BCUT2D eigenvalue weighted by Gasteiger charge is 2.15. The lowest BCUT2D eigenvalue weighted by molar-refractivity contribution is -0.0519. The highest BCUT2D eigenvalue weighted by atomic mass is 19.3. The summed E-state index contributed by atoms with van der Waals surface area (Å²) >= 11 is 0. The van der Waals surface area contributed by atoms with Crippen LogP contribution in [0.3, 0.4) is 0 Å². The third-order valence-electron chi connectivity index (χ3n) is 2.93. The summed E-state index contributed by atoms with van der Waals surface area (Å²) < 4.78 is 34.4. The molecule has 114 valence electrons. The van der Waals surface area contributed by atoms with Crippen molar-refractivity contribution in [2.45, 2.75) is 33.1 Å². The average Bonchev–Trinajstić information content (AvgIpc) is 2.39. The van der Waals surface area contributed by atoms with Crippen molar-refractivity contribution in [2.24, 2.45) is 5.92 Å². The maximum Gasteiger partial charge on any atom is 0.387 e. The van der Waals surface area contributed by atoms with Crippen LogP contribution in [0.5, 0.6) is 11.5 Å². The Morgan fingerprint density at radius 1 is 1.30 bits per heavy atom. The van der Waals surface area contributed by atoms with Crippen molar-refractivity contribution in [2.75, 3.05) is 13.7 Å². The van der Waals surface area contributed by atoms with E-state index in [4.69, 9.17) is 4.74 Å². The summed E-state index contributed by atoms with van der Waals surface area (Å²) in [5, 5.41) is 12.7. The third-order valence-corrected chi connectivity index (χ3v) is 2.93. The minimum atomic E-state index is -2.91. The fourth-order valence-corrected chi connectivity index (χ4v) is 1.67. The third kappa shape index (κ3) is 4.94. The molecule has 0 bridgehead atoms. The van der Waals surface area contributed by atoms with Gasteiger partial charge < -0.3 is 19.9 Å². The Labute approximate surface area is 117 Å². The Balaban J connectivity index is 2.73. The van der Waals surface area contributed by atoms with Gasteiger partial charge in [0, 0.05) is 18.7 Å². The molecule has 1 atom stereocenters. The van der Waals surface area contributed by atoms with Crippen LogP contribution in [0.1, 0.15) is 19.4 Å². The van der Waals surface area contributed by atoms with E-state index in [-0.39, 0.29) is 17.4 Å². The Hall–Kier alpha value is -1.40. The molecule has 0 spiro atoms. The topological polar surface area (TPSA) is 50.7 Å². The maximum atomic E-state index is 12.4. The van der Waals surface area contributed by atoms with Crippen molar-refractivity contribution >= 4 is 0 Å². The van der Waals surface area contributed by atoms with Crippen LogP contribution in [-0.2, 0) is 6.54 Å². The van der Waals surface area contributed by atoms with Crippen molar-refractivity contribution in [1.82, 2.24) is 5.32 Å². The van der Waals surface area contributed by atoms with Crippen LogP contribution >= 0.6 is 0 Å². The van der Waals surface area contributed by atoms with E-state index in [0.29, 0.717) is 18.7 Å². The van der Waals surface area contributed by atoms with E-state index >= 15 is 0 Å². The van der Waals surface area contributed by atoms with Gasteiger partial charge in [-0.25, -0.2) is 0 Å². The SMILES string of the molecule is COc1cccc(CNCC(O)C(C)C)c1OC(F)F. The van der Waals surface area contributed by atoms with Gasteiger partial charge in [-0.3, -0.25) is 0 Å². The molecule has 6 heteroatoms. The summed E-state index contributed by atoms with van der Waals surface area (Å²) in [5.74, 6) is 0.412. The van der Waals surface area contributed by atoms with Crippen LogP contribution in [0.25, 0.3) is 0 Å². The van der Waals surface area contributed by atoms with Crippen molar-refractivity contribution < 1.29 is 23.4 Å². The molecule has 0 saturated carbocycles. The number of aliphatic hydroxyl groups is 1. The highest BCUT2D eigenvalue weighted by molar-refractivity contribution is 5.46. The minimum absolute atomic E-state index is 0.0246. The maximum absolute atomic E-state index is 12.4. The molecule has 0 amide bonds. The first kappa shape index (κ1) is 16.7. The molecule has 20 heavy (non-hydrogen) atoms. The average molecular weight is 289 g/mol. The number of halogens is 2. The van der Waals surface area contributed by atoms with Crippen LogP contribution < -0.4 is 14.8 Å². The van der Waals surface area contributed by atoms with Gasteiger partial charge in [0.1, 0.15) is 0 Å². The van der Waals surface area contributed by atoms with E-state index in [9.17, 15) is 13.9 Å². The number of aliphatic hydroxyl groups excluding tert-OH is 1. The van der Waals surface area contributed by atoms with Crippen LogP contribution in [0.2, 0.25) is 0 Å². The standard InChI is InChI=1S/C14H21F2NO3/c1-9(2)11(18)8-17-7-10-5-4-6-12(19-3)13(10)20-14(15)16/h4-6,9,11,14,17-18H,7-8H2,1-3H3. The second-order valence-electron chi connectivity index (χ2n) is 4.77. The molecule has 0 aliphatic carbocycles. The van der Waals surface area contributed by atoms with Gasteiger partial charge in [-0.15, -0.1) is 0 Å². The number of rotatable bonds is 8. The number of alkyl halides is 2. The molecule has 0 radical (unpaired) electrons. The number of benzene rings is 1. The lowest BCUT2D eigenvalue weighted by atomic mass is 10.1. The van der Waals surface area contributed by atoms with E-state index in [1.165, 1.54) is 7.11 Å². The molecule has 0 fully saturated rings. The van der Waals surface area contributed by atoms with Gasteiger partial charge in [0.15, 0.2) is 11.5 Å². The zero-order valence-corrected chi connectivity index (χ0v) is 11.9. The van der Waals surface area contributed by atoms with Crippen molar-refractivity contribution in [3.8, 4) is 11.5 Å². The molecule has 1 rings (SSSR count). The molecule has 4 nitrogen and oxygen atoms in total. The van der Waals surface area contributed by atoms with Crippen molar-refractivity contribution in [1.29, 1.82) is 0 Å². The first-order chi connectivity index (χ1) is 9.45. The molecule has 1 unspecified atom stereocenters. The molecule has 0 aliphatic heterocycles. The lowest BCUT2D eigenvalue weighted by Crippen LogP contribution is -2.30. The number of hydrogen-bond acceptors (Lipinski definition) is 4. The monoisotopic (exact) mass is 289 g/mol. The van der Waals surface area contributed by atoms with Gasteiger partial charge in [0.2, 0.25) is 0 Å². The predicted octanol–water partition coefficient (Wildman–Crippen LogP) is 2.40. The summed E-state index contributed by atoms with van der Waals surface area (Å²) in [6, 6.07) is 4.94.